The SMILES string of the molecule is O=C(O)[C@@H]1C2C=CC(CC2)[C@@H]1C(=O)N1[C@@H]2CC[C@H]1CC(O)C2. The fourth-order valence-corrected chi connectivity index (χ4v) is 5.35. The highest BCUT2D eigenvalue weighted by atomic mass is 16.4. The van der Waals surface area contributed by atoms with Crippen LogP contribution in [0.4, 0.5) is 0 Å². The highest BCUT2D eigenvalue weighted by Gasteiger charge is 2.52. The fraction of sp³-hybridized carbons (Fsp3) is 0.765. The van der Waals surface area contributed by atoms with Crippen molar-refractivity contribution in [2.75, 3.05) is 0 Å². The van der Waals surface area contributed by atoms with Crippen LogP contribution in [-0.4, -0.2) is 45.2 Å². The molecule has 4 bridgehead atoms. The Morgan fingerprint density at radius 1 is 0.909 bits per heavy atom. The molecule has 5 aliphatic rings. The lowest BCUT2D eigenvalue weighted by molar-refractivity contribution is -0.159. The molecule has 1 saturated carbocycles. The molecule has 1 amide bonds. The van der Waals surface area contributed by atoms with Gasteiger partial charge in [0.05, 0.1) is 17.9 Å². The molecule has 5 nitrogen and oxygen atoms in total. The smallest absolute Gasteiger partial charge is 0.307 e. The summed E-state index contributed by atoms with van der Waals surface area (Å²) in [5.74, 6) is -1.69. The molecule has 0 radical (unpaired) electrons. The first kappa shape index (κ1) is 14.2. The highest BCUT2D eigenvalue weighted by Crippen LogP contribution is 2.47. The highest BCUT2D eigenvalue weighted by molar-refractivity contribution is 5.87. The van der Waals surface area contributed by atoms with E-state index < -0.39 is 17.8 Å². The van der Waals surface area contributed by atoms with Crippen LogP contribution in [0.2, 0.25) is 0 Å². The minimum absolute atomic E-state index is 0.00415. The maximum Gasteiger partial charge on any atom is 0.307 e. The number of hydrogen-bond donors (Lipinski definition) is 2. The average molecular weight is 305 g/mol. The summed E-state index contributed by atoms with van der Waals surface area (Å²) >= 11 is 0. The van der Waals surface area contributed by atoms with Crippen LogP contribution < -0.4 is 0 Å². The van der Waals surface area contributed by atoms with Gasteiger partial charge in [0.2, 0.25) is 5.91 Å². The number of fused-ring (bicyclic) bond motifs is 4. The molecule has 0 aromatic heterocycles. The number of nitrogens with zero attached hydrogens (tertiary/aromatic N) is 1. The monoisotopic (exact) mass is 305 g/mol. The van der Waals surface area contributed by atoms with Crippen LogP contribution >= 0.6 is 0 Å². The van der Waals surface area contributed by atoms with Crippen molar-refractivity contribution in [1.82, 2.24) is 4.90 Å². The van der Waals surface area contributed by atoms with Gasteiger partial charge in [0.15, 0.2) is 0 Å². The lowest BCUT2D eigenvalue weighted by Crippen LogP contribution is -2.55. The number of carbonyl (C=O) groups is 2. The molecule has 2 N–H and O–H groups in total. The molecule has 0 aromatic carbocycles. The molecular formula is C17H23NO4. The Bertz CT molecular complexity index is 517. The van der Waals surface area contributed by atoms with Crippen LogP contribution in [0, 0.1) is 23.7 Å². The van der Waals surface area contributed by atoms with E-state index in [9.17, 15) is 19.8 Å². The summed E-state index contributed by atoms with van der Waals surface area (Å²) in [5, 5.41) is 19.5. The predicted octanol–water partition coefficient (Wildman–Crippen LogP) is 1.41. The van der Waals surface area contributed by atoms with E-state index in [1.165, 1.54) is 0 Å². The second-order valence-corrected chi connectivity index (χ2v) is 7.44. The topological polar surface area (TPSA) is 77.8 Å². The number of aliphatic hydroxyl groups excluding tert-OH is 1. The molecule has 3 unspecified atom stereocenters. The van der Waals surface area contributed by atoms with E-state index in [-0.39, 0.29) is 35.9 Å². The first-order chi connectivity index (χ1) is 10.6. The molecule has 5 rings (SSSR count). The molecule has 0 aromatic rings. The summed E-state index contributed by atoms with van der Waals surface area (Å²) in [7, 11) is 0. The van der Waals surface area contributed by atoms with Crippen molar-refractivity contribution in [3.63, 3.8) is 0 Å². The third kappa shape index (κ3) is 2.02. The van der Waals surface area contributed by atoms with Crippen LogP contribution in [0.5, 0.6) is 0 Å². The number of carbonyl (C=O) groups excluding carboxylic acids is 1. The summed E-state index contributed by atoms with van der Waals surface area (Å²) in [5.41, 5.74) is 0. The Kier molecular flexibility index (Phi) is 3.29. The van der Waals surface area contributed by atoms with Gasteiger partial charge in [-0.25, -0.2) is 0 Å². The van der Waals surface area contributed by atoms with Crippen molar-refractivity contribution >= 4 is 11.9 Å². The lowest BCUT2D eigenvalue weighted by atomic mass is 9.61. The van der Waals surface area contributed by atoms with Gasteiger partial charge < -0.3 is 15.1 Å². The van der Waals surface area contributed by atoms with E-state index in [1.807, 2.05) is 11.0 Å². The van der Waals surface area contributed by atoms with Gasteiger partial charge in [-0.3, -0.25) is 9.59 Å². The number of carboxylic acid groups (broad SMARTS) is 1. The van der Waals surface area contributed by atoms with Crippen LogP contribution in [0.15, 0.2) is 12.2 Å². The van der Waals surface area contributed by atoms with Crippen molar-refractivity contribution in [2.24, 2.45) is 23.7 Å². The third-order valence-corrected chi connectivity index (χ3v) is 6.28. The predicted molar refractivity (Wildman–Crippen MR) is 78.9 cm³/mol. The Morgan fingerprint density at radius 3 is 1.95 bits per heavy atom. The number of piperidine rings is 1. The van der Waals surface area contributed by atoms with E-state index in [4.69, 9.17) is 0 Å². The summed E-state index contributed by atoms with van der Waals surface area (Å²) in [6, 6.07) is 0.222. The first-order valence-electron chi connectivity index (χ1n) is 8.47. The van der Waals surface area contributed by atoms with Gasteiger partial charge in [-0.2, -0.15) is 0 Å². The van der Waals surface area contributed by atoms with E-state index >= 15 is 0 Å². The number of aliphatic carboxylic acids is 1. The number of aliphatic hydroxyl groups is 1. The summed E-state index contributed by atoms with van der Waals surface area (Å²) < 4.78 is 0. The van der Waals surface area contributed by atoms with Gasteiger partial charge in [0, 0.05) is 12.1 Å². The molecule has 3 fully saturated rings. The standard InChI is InChI=1S/C17H23NO4/c19-13-7-11-5-6-12(8-13)18(11)16(20)14-9-1-3-10(4-2-9)15(14)17(21)22/h1,3,9-15,19H,2,4-8H2,(H,21,22)/t9?,10?,11-,12+,13?,14-,15+/m0/s1. The second kappa shape index (κ2) is 5.08. The number of amides is 1. The van der Waals surface area contributed by atoms with Crippen molar-refractivity contribution in [3.05, 3.63) is 12.2 Å². The molecule has 2 heterocycles. The maximum absolute atomic E-state index is 13.2. The molecule has 0 spiro atoms. The molecule has 3 aliphatic carbocycles. The van der Waals surface area contributed by atoms with Crippen LogP contribution in [0.3, 0.4) is 0 Å². The van der Waals surface area contributed by atoms with E-state index in [1.54, 1.807) is 0 Å². The number of hydrogen-bond acceptors (Lipinski definition) is 3. The van der Waals surface area contributed by atoms with E-state index in [0.717, 1.165) is 25.7 Å². The van der Waals surface area contributed by atoms with Gasteiger partial charge in [-0.1, -0.05) is 12.2 Å². The molecule has 7 atom stereocenters. The summed E-state index contributed by atoms with van der Waals surface area (Å²) in [4.78, 5) is 26.8. The van der Waals surface area contributed by atoms with Gasteiger partial charge in [-0.05, 0) is 50.4 Å². The molecule has 2 aliphatic heterocycles. The molecule has 22 heavy (non-hydrogen) atoms. The minimum atomic E-state index is -0.832. The van der Waals surface area contributed by atoms with Crippen LogP contribution in [0.25, 0.3) is 0 Å². The zero-order valence-corrected chi connectivity index (χ0v) is 12.6. The Balaban J connectivity index is 1.62. The Morgan fingerprint density at radius 2 is 1.45 bits per heavy atom. The van der Waals surface area contributed by atoms with Crippen molar-refractivity contribution in [1.29, 1.82) is 0 Å². The van der Waals surface area contributed by atoms with Crippen LogP contribution in [-0.2, 0) is 9.59 Å². The van der Waals surface area contributed by atoms with E-state index in [0.29, 0.717) is 12.8 Å². The van der Waals surface area contributed by atoms with Crippen molar-refractivity contribution in [2.45, 2.75) is 56.7 Å². The first-order valence-corrected chi connectivity index (χ1v) is 8.47. The minimum Gasteiger partial charge on any atom is -0.481 e. The maximum atomic E-state index is 13.2. The average Bonchev–Trinajstić information content (AvgIpc) is 2.78. The largest absolute Gasteiger partial charge is 0.481 e. The quantitative estimate of drug-likeness (QED) is 0.756. The lowest BCUT2D eigenvalue weighted by Gasteiger charge is -2.46. The number of allylic oxidation sites excluding steroid dienone is 2. The Hall–Kier alpha value is -1.36. The number of carboxylic acids is 1. The van der Waals surface area contributed by atoms with Crippen molar-refractivity contribution in [3.8, 4) is 0 Å². The Labute approximate surface area is 130 Å². The molecule has 120 valence electrons. The fourth-order valence-electron chi connectivity index (χ4n) is 5.35. The number of rotatable bonds is 2. The summed E-state index contributed by atoms with van der Waals surface area (Å²) in [6.45, 7) is 0. The summed E-state index contributed by atoms with van der Waals surface area (Å²) in [6.07, 6.45) is 8.76. The second-order valence-electron chi connectivity index (χ2n) is 7.44. The van der Waals surface area contributed by atoms with Gasteiger partial charge >= 0.3 is 5.97 Å². The van der Waals surface area contributed by atoms with Gasteiger partial charge in [0.25, 0.3) is 0 Å². The molecule has 5 heteroatoms. The molecular weight excluding hydrogens is 282 g/mol. The van der Waals surface area contributed by atoms with Crippen LogP contribution in [0.1, 0.15) is 38.5 Å². The van der Waals surface area contributed by atoms with E-state index in [2.05, 4.69) is 6.08 Å². The normalized spacial score (nSPS) is 46.0. The zero-order chi connectivity index (χ0) is 15.4. The third-order valence-electron chi connectivity index (χ3n) is 6.28. The van der Waals surface area contributed by atoms with Gasteiger partial charge in [-0.15, -0.1) is 0 Å². The van der Waals surface area contributed by atoms with Gasteiger partial charge in [0.1, 0.15) is 0 Å². The van der Waals surface area contributed by atoms with Crippen molar-refractivity contribution < 1.29 is 19.8 Å². The zero-order valence-electron chi connectivity index (χ0n) is 12.6. The molecule has 2 saturated heterocycles.